The molecule has 1 fully saturated rings. The van der Waals surface area contributed by atoms with Gasteiger partial charge < -0.3 is 15.8 Å². The maximum Gasteiger partial charge on any atom is 0.0646 e. The molecule has 0 amide bonds. The quantitative estimate of drug-likeness (QED) is 0.839. The third kappa shape index (κ3) is 3.31. The molecule has 0 spiro atoms. The molecule has 3 heteroatoms. The van der Waals surface area contributed by atoms with Gasteiger partial charge in [0.1, 0.15) is 0 Å². The van der Waals surface area contributed by atoms with E-state index in [0.717, 1.165) is 26.2 Å². The van der Waals surface area contributed by atoms with Gasteiger partial charge in [0.25, 0.3) is 0 Å². The zero-order valence-corrected chi connectivity index (χ0v) is 11.4. The number of ether oxygens (including phenoxy) is 1. The largest absolute Gasteiger partial charge is 0.379 e. The number of benzene rings is 1. The Morgan fingerprint density at radius 3 is 2.72 bits per heavy atom. The molecule has 100 valence electrons. The second-order valence-corrected chi connectivity index (χ2v) is 5.66. The second kappa shape index (κ2) is 5.83. The van der Waals surface area contributed by atoms with Crippen LogP contribution in [0.5, 0.6) is 0 Å². The summed E-state index contributed by atoms with van der Waals surface area (Å²) in [5.41, 5.74) is 7.63. The van der Waals surface area contributed by atoms with Crippen molar-refractivity contribution in [1.82, 2.24) is 5.32 Å². The first kappa shape index (κ1) is 13.5. The van der Waals surface area contributed by atoms with E-state index in [1.54, 1.807) is 0 Å². The van der Waals surface area contributed by atoms with Crippen LogP contribution in [0.4, 0.5) is 0 Å². The van der Waals surface area contributed by atoms with E-state index in [4.69, 9.17) is 10.5 Å². The summed E-state index contributed by atoms with van der Waals surface area (Å²) in [6, 6.07) is 10.4. The Bertz CT molecular complexity index is 360. The van der Waals surface area contributed by atoms with E-state index < -0.39 is 0 Å². The van der Waals surface area contributed by atoms with Crippen LogP contribution in [0.3, 0.4) is 0 Å². The Balaban J connectivity index is 1.86. The Morgan fingerprint density at radius 2 is 2.11 bits per heavy atom. The number of nitrogens with one attached hydrogen (secondary N) is 1. The van der Waals surface area contributed by atoms with E-state index >= 15 is 0 Å². The summed E-state index contributed by atoms with van der Waals surface area (Å²) < 4.78 is 5.44. The minimum Gasteiger partial charge on any atom is -0.379 e. The molecule has 3 N–H and O–H groups in total. The van der Waals surface area contributed by atoms with E-state index in [1.807, 2.05) is 18.2 Å². The molecule has 3 unspecified atom stereocenters. The molecule has 3 nitrogen and oxygen atoms in total. The Hall–Kier alpha value is -0.900. The van der Waals surface area contributed by atoms with E-state index in [9.17, 15) is 0 Å². The maximum atomic E-state index is 6.30. The molecule has 1 heterocycles. The second-order valence-electron chi connectivity index (χ2n) is 5.66. The van der Waals surface area contributed by atoms with E-state index in [0.29, 0.717) is 5.92 Å². The van der Waals surface area contributed by atoms with Crippen LogP contribution in [0.2, 0.25) is 0 Å². The molecule has 3 atom stereocenters. The van der Waals surface area contributed by atoms with Gasteiger partial charge >= 0.3 is 0 Å². The SMILES string of the molecule is CC(CNC1(C)CCOC1)C(N)c1ccccc1. The molecule has 18 heavy (non-hydrogen) atoms. The third-order valence-electron chi connectivity index (χ3n) is 3.87. The third-order valence-corrected chi connectivity index (χ3v) is 3.87. The Labute approximate surface area is 110 Å². The highest BCUT2D eigenvalue weighted by Crippen LogP contribution is 2.21. The average molecular weight is 248 g/mol. The van der Waals surface area contributed by atoms with Crippen LogP contribution < -0.4 is 11.1 Å². The lowest BCUT2D eigenvalue weighted by atomic mass is 9.93. The lowest BCUT2D eigenvalue weighted by molar-refractivity contribution is 0.169. The minimum atomic E-state index is 0.0876. The summed E-state index contributed by atoms with van der Waals surface area (Å²) in [5, 5.41) is 3.60. The van der Waals surface area contributed by atoms with Gasteiger partial charge in [-0.25, -0.2) is 0 Å². The monoisotopic (exact) mass is 248 g/mol. The molecule has 1 saturated heterocycles. The van der Waals surface area contributed by atoms with Crippen LogP contribution in [0.25, 0.3) is 0 Å². The van der Waals surface area contributed by atoms with Crippen LogP contribution in [0.1, 0.15) is 31.9 Å². The zero-order valence-electron chi connectivity index (χ0n) is 11.4. The fourth-order valence-electron chi connectivity index (χ4n) is 2.34. The molecular weight excluding hydrogens is 224 g/mol. The van der Waals surface area contributed by atoms with E-state index in [1.165, 1.54) is 5.56 Å². The van der Waals surface area contributed by atoms with Crippen molar-refractivity contribution < 1.29 is 4.74 Å². The first-order valence-corrected chi connectivity index (χ1v) is 6.74. The zero-order chi connectivity index (χ0) is 13.0. The molecule has 0 aliphatic carbocycles. The molecule has 0 saturated carbocycles. The molecule has 1 aromatic carbocycles. The molecule has 1 aliphatic rings. The smallest absolute Gasteiger partial charge is 0.0646 e. The molecule has 0 radical (unpaired) electrons. The van der Waals surface area contributed by atoms with E-state index in [-0.39, 0.29) is 11.6 Å². The number of nitrogens with two attached hydrogens (primary N) is 1. The summed E-state index contributed by atoms with van der Waals surface area (Å²) in [6.45, 7) is 7.02. The van der Waals surface area contributed by atoms with Crippen molar-refractivity contribution in [2.75, 3.05) is 19.8 Å². The predicted molar refractivity (Wildman–Crippen MR) is 74.4 cm³/mol. The molecule has 1 aliphatic heterocycles. The molecular formula is C15H24N2O. The van der Waals surface area contributed by atoms with Gasteiger partial charge in [-0.15, -0.1) is 0 Å². The summed E-state index contributed by atoms with van der Waals surface area (Å²) >= 11 is 0. The summed E-state index contributed by atoms with van der Waals surface area (Å²) in [5.74, 6) is 0.407. The highest BCUT2D eigenvalue weighted by Gasteiger charge is 2.29. The predicted octanol–water partition coefficient (Wildman–Crippen LogP) is 2.09. The number of rotatable bonds is 5. The van der Waals surface area contributed by atoms with Gasteiger partial charge in [0.15, 0.2) is 0 Å². The van der Waals surface area contributed by atoms with E-state index in [2.05, 4.69) is 31.3 Å². The van der Waals surface area contributed by atoms with Crippen molar-refractivity contribution in [1.29, 1.82) is 0 Å². The highest BCUT2D eigenvalue weighted by atomic mass is 16.5. The lowest BCUT2D eigenvalue weighted by Gasteiger charge is -2.28. The van der Waals surface area contributed by atoms with Gasteiger partial charge in [-0.05, 0) is 24.8 Å². The fraction of sp³-hybridized carbons (Fsp3) is 0.600. The number of hydrogen-bond acceptors (Lipinski definition) is 3. The fourth-order valence-corrected chi connectivity index (χ4v) is 2.34. The van der Waals surface area contributed by atoms with Crippen molar-refractivity contribution in [3.05, 3.63) is 35.9 Å². The topological polar surface area (TPSA) is 47.3 Å². The van der Waals surface area contributed by atoms with Crippen LogP contribution in [0.15, 0.2) is 30.3 Å². The molecule has 1 aromatic rings. The highest BCUT2D eigenvalue weighted by molar-refractivity contribution is 5.19. The lowest BCUT2D eigenvalue weighted by Crippen LogP contribution is -2.46. The van der Waals surface area contributed by atoms with Gasteiger partial charge in [-0.3, -0.25) is 0 Å². The van der Waals surface area contributed by atoms with Crippen molar-refractivity contribution >= 4 is 0 Å². The Kier molecular flexibility index (Phi) is 4.38. The van der Waals surface area contributed by atoms with Crippen molar-refractivity contribution in [2.45, 2.75) is 31.8 Å². The van der Waals surface area contributed by atoms with Crippen LogP contribution in [-0.4, -0.2) is 25.3 Å². The van der Waals surface area contributed by atoms with Crippen molar-refractivity contribution in [3.63, 3.8) is 0 Å². The number of hydrogen-bond donors (Lipinski definition) is 2. The Morgan fingerprint density at radius 1 is 1.39 bits per heavy atom. The van der Waals surface area contributed by atoms with Gasteiger partial charge in [-0.2, -0.15) is 0 Å². The minimum absolute atomic E-state index is 0.0876. The van der Waals surface area contributed by atoms with Gasteiger partial charge in [0, 0.05) is 24.7 Å². The van der Waals surface area contributed by atoms with Crippen LogP contribution >= 0.6 is 0 Å². The standard InChI is InChI=1S/C15H24N2O/c1-12(10-17-15(2)8-9-18-11-15)14(16)13-6-4-3-5-7-13/h3-7,12,14,17H,8-11,16H2,1-2H3. The molecule has 2 rings (SSSR count). The van der Waals surface area contributed by atoms with Crippen molar-refractivity contribution in [3.8, 4) is 0 Å². The van der Waals surface area contributed by atoms with Gasteiger partial charge in [0.05, 0.1) is 6.61 Å². The van der Waals surface area contributed by atoms with Gasteiger partial charge in [-0.1, -0.05) is 37.3 Å². The summed E-state index contributed by atoms with van der Waals surface area (Å²) in [6.07, 6.45) is 1.08. The van der Waals surface area contributed by atoms with Gasteiger partial charge in [0.2, 0.25) is 0 Å². The normalized spacial score (nSPS) is 27.1. The average Bonchev–Trinajstić information content (AvgIpc) is 2.83. The molecule has 0 aromatic heterocycles. The first-order chi connectivity index (χ1) is 8.61. The van der Waals surface area contributed by atoms with Crippen LogP contribution in [-0.2, 0) is 4.74 Å². The summed E-state index contributed by atoms with van der Waals surface area (Å²) in [7, 11) is 0. The van der Waals surface area contributed by atoms with Crippen molar-refractivity contribution in [2.24, 2.45) is 11.7 Å². The first-order valence-electron chi connectivity index (χ1n) is 6.74. The van der Waals surface area contributed by atoms with Crippen LogP contribution in [0, 0.1) is 5.92 Å². The molecule has 0 bridgehead atoms. The summed E-state index contributed by atoms with van der Waals surface area (Å²) in [4.78, 5) is 0. The maximum absolute atomic E-state index is 6.30.